The van der Waals surface area contributed by atoms with Crippen molar-refractivity contribution < 1.29 is 0 Å². The largest absolute Gasteiger partial charge is 0.331 e. The predicted octanol–water partition coefficient (Wildman–Crippen LogP) is 7.14. The standard InChI is InChI=1S/C23H38N2/c1-4-5-6-7-8-9-10-11-13-16-21(2)25-20-19-24-22(25)23(3)17-14-12-15-18-23/h12,14-15,17,19-21H,4-11,13,16,18H2,1-3H3. The summed E-state index contributed by atoms with van der Waals surface area (Å²) < 4.78 is 2.41. The quantitative estimate of drug-likeness (QED) is 0.369. The summed E-state index contributed by atoms with van der Waals surface area (Å²) in [6.45, 7) is 6.94. The summed E-state index contributed by atoms with van der Waals surface area (Å²) in [4.78, 5) is 4.70. The van der Waals surface area contributed by atoms with Crippen LogP contribution in [0.25, 0.3) is 0 Å². The van der Waals surface area contributed by atoms with Gasteiger partial charge in [0.15, 0.2) is 0 Å². The van der Waals surface area contributed by atoms with E-state index in [0.29, 0.717) is 6.04 Å². The Hall–Kier alpha value is -1.31. The van der Waals surface area contributed by atoms with Crippen LogP contribution in [0.2, 0.25) is 0 Å². The second-order valence-corrected chi connectivity index (χ2v) is 8.03. The first-order valence-electron chi connectivity index (χ1n) is 10.5. The van der Waals surface area contributed by atoms with Crippen molar-refractivity contribution in [1.29, 1.82) is 0 Å². The third-order valence-corrected chi connectivity index (χ3v) is 5.63. The Morgan fingerprint density at radius 1 is 1.04 bits per heavy atom. The van der Waals surface area contributed by atoms with Crippen molar-refractivity contribution in [2.75, 3.05) is 0 Å². The summed E-state index contributed by atoms with van der Waals surface area (Å²) in [6.07, 6.45) is 27.9. The molecular weight excluding hydrogens is 304 g/mol. The maximum absolute atomic E-state index is 4.70. The monoisotopic (exact) mass is 342 g/mol. The summed E-state index contributed by atoms with van der Waals surface area (Å²) in [7, 11) is 0. The Morgan fingerprint density at radius 2 is 1.72 bits per heavy atom. The summed E-state index contributed by atoms with van der Waals surface area (Å²) in [6, 6.07) is 0.540. The molecule has 0 spiro atoms. The van der Waals surface area contributed by atoms with Crippen LogP contribution in [-0.4, -0.2) is 9.55 Å². The summed E-state index contributed by atoms with van der Waals surface area (Å²) in [5.41, 5.74) is 0.0466. The zero-order valence-corrected chi connectivity index (χ0v) is 16.7. The highest BCUT2D eigenvalue weighted by molar-refractivity contribution is 5.27. The van der Waals surface area contributed by atoms with Gasteiger partial charge in [-0.1, -0.05) is 89.0 Å². The molecule has 1 aliphatic rings. The molecule has 0 aromatic carbocycles. The number of allylic oxidation sites excluding steroid dienone is 4. The van der Waals surface area contributed by atoms with E-state index >= 15 is 0 Å². The molecule has 2 atom stereocenters. The zero-order valence-electron chi connectivity index (χ0n) is 16.7. The summed E-state index contributed by atoms with van der Waals surface area (Å²) >= 11 is 0. The van der Waals surface area contributed by atoms with Crippen LogP contribution in [-0.2, 0) is 5.41 Å². The molecule has 25 heavy (non-hydrogen) atoms. The van der Waals surface area contributed by atoms with Gasteiger partial charge >= 0.3 is 0 Å². The van der Waals surface area contributed by atoms with E-state index in [1.54, 1.807) is 0 Å². The molecule has 140 valence electrons. The number of hydrogen-bond acceptors (Lipinski definition) is 1. The van der Waals surface area contributed by atoms with Crippen molar-refractivity contribution in [3.63, 3.8) is 0 Å². The first kappa shape index (κ1) is 20.0. The van der Waals surface area contributed by atoms with Crippen molar-refractivity contribution >= 4 is 0 Å². The highest BCUT2D eigenvalue weighted by Crippen LogP contribution is 2.33. The van der Waals surface area contributed by atoms with Gasteiger partial charge in [0.2, 0.25) is 0 Å². The molecule has 0 saturated heterocycles. The molecular formula is C23H38N2. The Kier molecular flexibility index (Phi) is 8.51. The minimum atomic E-state index is 0.0466. The minimum absolute atomic E-state index is 0.0466. The van der Waals surface area contributed by atoms with Crippen LogP contribution in [0, 0.1) is 0 Å². The lowest BCUT2D eigenvalue weighted by molar-refractivity contribution is 0.421. The molecule has 0 fully saturated rings. The lowest BCUT2D eigenvalue weighted by atomic mass is 9.82. The van der Waals surface area contributed by atoms with E-state index in [-0.39, 0.29) is 5.41 Å². The van der Waals surface area contributed by atoms with E-state index in [2.05, 4.69) is 55.8 Å². The maximum Gasteiger partial charge on any atom is 0.119 e. The van der Waals surface area contributed by atoms with Gasteiger partial charge in [0.1, 0.15) is 5.82 Å². The van der Waals surface area contributed by atoms with E-state index < -0.39 is 0 Å². The second kappa shape index (κ2) is 10.6. The fraction of sp³-hybridized carbons (Fsp3) is 0.696. The average molecular weight is 343 g/mol. The van der Waals surface area contributed by atoms with Crippen LogP contribution >= 0.6 is 0 Å². The topological polar surface area (TPSA) is 17.8 Å². The Bertz CT molecular complexity index is 540. The number of nitrogens with zero attached hydrogens (tertiary/aromatic N) is 2. The van der Waals surface area contributed by atoms with Gasteiger partial charge in [-0.15, -0.1) is 0 Å². The van der Waals surface area contributed by atoms with Gasteiger partial charge in [-0.2, -0.15) is 0 Å². The zero-order chi connectivity index (χ0) is 18.0. The van der Waals surface area contributed by atoms with Crippen LogP contribution in [0.1, 0.15) is 103 Å². The molecule has 1 aromatic rings. The number of imidazole rings is 1. The normalized spacial score (nSPS) is 20.9. The summed E-state index contributed by atoms with van der Waals surface area (Å²) in [5, 5.41) is 0. The van der Waals surface area contributed by atoms with Crippen molar-refractivity contribution in [1.82, 2.24) is 9.55 Å². The SMILES string of the molecule is CCCCCCCCCCCC(C)n1ccnc1C1(C)C=CC=CC1. The molecule has 1 aliphatic carbocycles. The fourth-order valence-electron chi connectivity index (χ4n) is 3.89. The molecule has 0 amide bonds. The first-order valence-corrected chi connectivity index (χ1v) is 10.5. The first-order chi connectivity index (χ1) is 12.2. The fourth-order valence-corrected chi connectivity index (χ4v) is 3.89. The van der Waals surface area contributed by atoms with Crippen LogP contribution in [0.15, 0.2) is 36.7 Å². The van der Waals surface area contributed by atoms with E-state index in [1.165, 1.54) is 70.0 Å². The molecule has 1 heterocycles. The maximum atomic E-state index is 4.70. The van der Waals surface area contributed by atoms with Crippen molar-refractivity contribution in [3.8, 4) is 0 Å². The van der Waals surface area contributed by atoms with E-state index in [4.69, 9.17) is 4.98 Å². The van der Waals surface area contributed by atoms with Gasteiger partial charge in [0.25, 0.3) is 0 Å². The Balaban J connectivity index is 1.70. The van der Waals surface area contributed by atoms with Gasteiger partial charge in [-0.3, -0.25) is 0 Å². The third-order valence-electron chi connectivity index (χ3n) is 5.63. The summed E-state index contributed by atoms with van der Waals surface area (Å²) in [5.74, 6) is 1.22. The smallest absolute Gasteiger partial charge is 0.119 e. The van der Waals surface area contributed by atoms with Gasteiger partial charge in [0, 0.05) is 23.9 Å². The molecule has 0 saturated carbocycles. The molecule has 2 rings (SSSR count). The molecule has 2 unspecified atom stereocenters. The molecule has 0 radical (unpaired) electrons. The van der Waals surface area contributed by atoms with Gasteiger partial charge in [-0.05, 0) is 26.7 Å². The Labute approximate surface area is 155 Å². The Morgan fingerprint density at radius 3 is 2.36 bits per heavy atom. The third kappa shape index (κ3) is 6.17. The predicted molar refractivity (Wildman–Crippen MR) is 109 cm³/mol. The number of rotatable bonds is 12. The molecule has 0 N–H and O–H groups in total. The molecule has 2 heteroatoms. The highest BCUT2D eigenvalue weighted by atomic mass is 15.1. The molecule has 2 nitrogen and oxygen atoms in total. The van der Waals surface area contributed by atoms with E-state index in [9.17, 15) is 0 Å². The van der Waals surface area contributed by atoms with Crippen LogP contribution in [0.5, 0.6) is 0 Å². The van der Waals surface area contributed by atoms with Crippen molar-refractivity contribution in [3.05, 3.63) is 42.5 Å². The van der Waals surface area contributed by atoms with Crippen molar-refractivity contribution in [2.45, 2.75) is 103 Å². The van der Waals surface area contributed by atoms with E-state index in [0.717, 1.165) is 6.42 Å². The molecule has 1 aromatic heterocycles. The minimum Gasteiger partial charge on any atom is -0.331 e. The second-order valence-electron chi connectivity index (χ2n) is 8.03. The van der Waals surface area contributed by atoms with Crippen molar-refractivity contribution in [2.24, 2.45) is 0 Å². The van der Waals surface area contributed by atoms with Crippen LogP contribution in [0.3, 0.4) is 0 Å². The van der Waals surface area contributed by atoms with Crippen LogP contribution < -0.4 is 0 Å². The highest BCUT2D eigenvalue weighted by Gasteiger charge is 2.29. The van der Waals surface area contributed by atoms with Gasteiger partial charge < -0.3 is 4.57 Å². The number of aromatic nitrogens is 2. The lowest BCUT2D eigenvalue weighted by Crippen LogP contribution is -2.26. The molecule has 0 aliphatic heterocycles. The van der Waals surface area contributed by atoms with E-state index in [1.807, 2.05) is 6.20 Å². The number of unbranched alkanes of at least 4 members (excludes halogenated alkanes) is 8. The average Bonchev–Trinajstić information content (AvgIpc) is 3.11. The number of hydrogen-bond donors (Lipinski definition) is 0. The molecule has 0 bridgehead atoms. The van der Waals surface area contributed by atoms with Gasteiger partial charge in [-0.25, -0.2) is 4.98 Å². The van der Waals surface area contributed by atoms with Crippen LogP contribution in [0.4, 0.5) is 0 Å². The lowest BCUT2D eigenvalue weighted by Gasteiger charge is -2.29. The van der Waals surface area contributed by atoms with Gasteiger partial charge in [0.05, 0.1) is 0 Å².